The summed E-state index contributed by atoms with van der Waals surface area (Å²) >= 11 is 0. The number of nitrogens with zero attached hydrogens (tertiary/aromatic N) is 4. The summed E-state index contributed by atoms with van der Waals surface area (Å²) in [5.41, 5.74) is 1.60. The number of benzene rings is 1. The van der Waals surface area contributed by atoms with E-state index in [0.29, 0.717) is 6.54 Å². The van der Waals surface area contributed by atoms with Gasteiger partial charge in [-0.25, -0.2) is 8.42 Å². The minimum absolute atomic E-state index is 0.0413. The van der Waals surface area contributed by atoms with Gasteiger partial charge in [-0.3, -0.25) is 9.78 Å². The molecular weight excluding hydrogens is 456 g/mol. The molecule has 1 aliphatic rings. The number of pyridine rings is 1. The fraction of sp³-hybridized carbons (Fsp3) is 0.500. The quantitative estimate of drug-likeness (QED) is 0.628. The number of rotatable bonds is 7. The Balaban J connectivity index is 2.06. The van der Waals surface area contributed by atoms with E-state index in [2.05, 4.69) is 4.98 Å². The van der Waals surface area contributed by atoms with Crippen LogP contribution in [0.1, 0.15) is 13.8 Å². The summed E-state index contributed by atoms with van der Waals surface area (Å²) < 4.78 is 34.8. The molecule has 0 radical (unpaired) electrons. The van der Waals surface area contributed by atoms with Gasteiger partial charge in [0.2, 0.25) is 15.9 Å². The highest BCUT2D eigenvalue weighted by Gasteiger charge is 2.38. The molecule has 9 nitrogen and oxygen atoms in total. The van der Waals surface area contributed by atoms with Gasteiger partial charge in [0.25, 0.3) is 0 Å². The molecule has 10 heteroatoms. The largest absolute Gasteiger partial charge is 0.487 e. The van der Waals surface area contributed by atoms with Crippen LogP contribution in [0.15, 0.2) is 47.6 Å². The van der Waals surface area contributed by atoms with Gasteiger partial charge in [-0.15, -0.1) is 0 Å². The van der Waals surface area contributed by atoms with Crippen molar-refractivity contribution in [2.45, 2.75) is 30.9 Å². The van der Waals surface area contributed by atoms with Crippen LogP contribution < -0.4 is 4.74 Å². The maximum atomic E-state index is 13.6. The lowest BCUT2D eigenvalue weighted by Crippen LogP contribution is -2.50. The van der Waals surface area contributed by atoms with Gasteiger partial charge >= 0.3 is 0 Å². The molecule has 1 N–H and O–H groups in total. The fourth-order valence-corrected chi connectivity index (χ4v) is 5.75. The number of likely N-dealkylation sites (N-methyl/N-ethyl adjacent to an activating group) is 2. The van der Waals surface area contributed by atoms with Crippen LogP contribution in [-0.4, -0.2) is 98.1 Å². The Morgan fingerprint density at radius 3 is 2.62 bits per heavy atom. The molecule has 1 aromatic carbocycles. The third kappa shape index (κ3) is 5.75. The first-order valence-corrected chi connectivity index (χ1v) is 12.7. The summed E-state index contributed by atoms with van der Waals surface area (Å²) in [5.74, 6) is -0.0736. The van der Waals surface area contributed by atoms with Crippen molar-refractivity contribution in [3.05, 3.63) is 42.7 Å². The first-order valence-electron chi connectivity index (χ1n) is 11.3. The SMILES string of the molecule is C[C@H]1CN([C@@H](C)CO)S(=O)(=O)c2ccc(-c3cccnc3)cc2O[C@H]1CN(C)C(=O)CN(C)C. The Labute approximate surface area is 202 Å². The van der Waals surface area contributed by atoms with Crippen molar-refractivity contribution < 1.29 is 23.1 Å². The number of carbonyl (C=O) groups is 1. The number of aromatic nitrogens is 1. The molecule has 3 rings (SSSR count). The Morgan fingerprint density at radius 1 is 1.26 bits per heavy atom. The third-order valence-corrected chi connectivity index (χ3v) is 8.01. The Morgan fingerprint density at radius 2 is 2.00 bits per heavy atom. The Bertz CT molecular complexity index is 1090. The van der Waals surface area contributed by atoms with Crippen molar-refractivity contribution in [3.8, 4) is 16.9 Å². The lowest BCUT2D eigenvalue weighted by atomic mass is 10.0. The van der Waals surface area contributed by atoms with E-state index in [1.54, 1.807) is 48.3 Å². The topological polar surface area (TPSA) is 103 Å². The predicted octanol–water partition coefficient (Wildman–Crippen LogP) is 1.54. The van der Waals surface area contributed by atoms with E-state index in [1.165, 1.54) is 10.4 Å². The minimum atomic E-state index is -3.92. The molecule has 0 spiro atoms. The molecule has 1 aromatic heterocycles. The summed E-state index contributed by atoms with van der Waals surface area (Å²) in [6.45, 7) is 4.00. The Hall–Kier alpha value is -2.53. The van der Waals surface area contributed by atoms with Crippen molar-refractivity contribution in [3.63, 3.8) is 0 Å². The van der Waals surface area contributed by atoms with E-state index in [9.17, 15) is 18.3 Å². The average Bonchev–Trinajstić information content (AvgIpc) is 2.80. The van der Waals surface area contributed by atoms with Crippen LogP contribution in [0, 0.1) is 5.92 Å². The molecule has 1 aliphatic heterocycles. The Kier molecular flexibility index (Phi) is 8.29. The predicted molar refractivity (Wildman–Crippen MR) is 130 cm³/mol. The number of carbonyl (C=O) groups excluding carboxylic acids is 1. The van der Waals surface area contributed by atoms with E-state index < -0.39 is 22.2 Å². The highest BCUT2D eigenvalue weighted by atomic mass is 32.2. The summed E-state index contributed by atoms with van der Waals surface area (Å²) in [4.78, 5) is 20.2. The third-order valence-electron chi connectivity index (χ3n) is 5.99. The standard InChI is InChI=1S/C24H34N4O5S/c1-17-13-28(18(2)16-29)34(31,32)23-9-8-19(20-7-6-10-25-12-20)11-21(23)33-22(17)14-27(5)24(30)15-26(3)4/h6-12,17-18,22,29H,13-16H2,1-5H3/t17-,18-,22-/m0/s1. The zero-order valence-corrected chi connectivity index (χ0v) is 21.2. The number of ether oxygens (including phenoxy) is 1. The molecule has 3 atom stereocenters. The van der Waals surface area contributed by atoms with Crippen LogP contribution in [0.4, 0.5) is 0 Å². The molecule has 34 heavy (non-hydrogen) atoms. The molecule has 0 saturated heterocycles. The highest BCUT2D eigenvalue weighted by molar-refractivity contribution is 7.89. The molecule has 2 heterocycles. The number of aliphatic hydroxyl groups excluding tert-OH is 1. The van der Waals surface area contributed by atoms with Gasteiger partial charge in [0.05, 0.1) is 19.7 Å². The molecule has 1 amide bonds. The van der Waals surface area contributed by atoms with Gasteiger partial charge in [-0.2, -0.15) is 4.31 Å². The van der Waals surface area contributed by atoms with Gasteiger partial charge in [0, 0.05) is 43.5 Å². The monoisotopic (exact) mass is 490 g/mol. The normalized spacial score (nSPS) is 21.1. The maximum Gasteiger partial charge on any atom is 0.247 e. The molecule has 0 aliphatic carbocycles. The number of aliphatic hydroxyl groups is 1. The van der Waals surface area contributed by atoms with E-state index >= 15 is 0 Å². The highest BCUT2D eigenvalue weighted by Crippen LogP contribution is 2.36. The van der Waals surface area contributed by atoms with Gasteiger partial charge in [-0.05, 0) is 44.8 Å². The van der Waals surface area contributed by atoms with E-state index in [1.807, 2.05) is 33.2 Å². The van der Waals surface area contributed by atoms with Gasteiger partial charge in [0.15, 0.2) is 0 Å². The lowest BCUT2D eigenvalue weighted by Gasteiger charge is -2.37. The van der Waals surface area contributed by atoms with Gasteiger partial charge < -0.3 is 19.6 Å². The number of sulfonamides is 1. The van der Waals surface area contributed by atoms with Crippen LogP contribution in [0.25, 0.3) is 11.1 Å². The smallest absolute Gasteiger partial charge is 0.247 e. The first kappa shape index (κ1) is 26.1. The summed E-state index contributed by atoms with van der Waals surface area (Å²) in [6, 6.07) is 8.07. The van der Waals surface area contributed by atoms with Crippen LogP contribution in [0.5, 0.6) is 5.75 Å². The number of fused-ring (bicyclic) bond motifs is 1. The molecule has 0 fully saturated rings. The molecule has 2 aromatic rings. The van der Waals surface area contributed by atoms with Gasteiger partial charge in [0.1, 0.15) is 16.7 Å². The van der Waals surface area contributed by atoms with Crippen molar-refractivity contribution in [2.24, 2.45) is 5.92 Å². The molecule has 0 bridgehead atoms. The van der Waals surface area contributed by atoms with Gasteiger partial charge in [-0.1, -0.05) is 19.1 Å². The second-order valence-corrected chi connectivity index (χ2v) is 11.0. The van der Waals surface area contributed by atoms with Crippen LogP contribution in [0.3, 0.4) is 0 Å². The van der Waals surface area contributed by atoms with Crippen molar-refractivity contribution in [1.82, 2.24) is 19.1 Å². The fourth-order valence-electron chi connectivity index (χ4n) is 3.92. The maximum absolute atomic E-state index is 13.6. The summed E-state index contributed by atoms with van der Waals surface area (Å²) in [7, 11) is 1.45. The van der Waals surface area contributed by atoms with Crippen molar-refractivity contribution in [2.75, 3.05) is 47.4 Å². The second kappa shape index (κ2) is 10.8. The second-order valence-electron chi connectivity index (χ2n) is 9.16. The lowest BCUT2D eigenvalue weighted by molar-refractivity contribution is -0.132. The first-order chi connectivity index (χ1) is 16.0. The summed E-state index contributed by atoms with van der Waals surface area (Å²) in [5, 5.41) is 9.77. The van der Waals surface area contributed by atoms with E-state index in [4.69, 9.17) is 4.74 Å². The molecule has 0 saturated carbocycles. The number of hydrogen-bond donors (Lipinski definition) is 1. The van der Waals surface area contributed by atoms with Crippen molar-refractivity contribution >= 4 is 15.9 Å². The summed E-state index contributed by atoms with van der Waals surface area (Å²) in [6.07, 6.45) is 2.92. The molecule has 186 valence electrons. The minimum Gasteiger partial charge on any atom is -0.487 e. The van der Waals surface area contributed by atoms with Crippen LogP contribution in [0.2, 0.25) is 0 Å². The molecule has 0 unspecified atom stereocenters. The zero-order valence-electron chi connectivity index (χ0n) is 20.4. The zero-order chi connectivity index (χ0) is 25.0. The van der Waals surface area contributed by atoms with E-state index in [0.717, 1.165) is 11.1 Å². The van der Waals surface area contributed by atoms with Crippen LogP contribution in [-0.2, 0) is 14.8 Å². The average molecular weight is 491 g/mol. The van der Waals surface area contributed by atoms with Crippen molar-refractivity contribution in [1.29, 1.82) is 0 Å². The number of amides is 1. The number of hydrogen-bond acceptors (Lipinski definition) is 7. The molecular formula is C24H34N4O5S. The van der Waals surface area contributed by atoms with E-state index in [-0.39, 0.29) is 42.2 Å². The van der Waals surface area contributed by atoms with Crippen LogP contribution >= 0.6 is 0 Å².